The summed E-state index contributed by atoms with van der Waals surface area (Å²) >= 11 is 0. The van der Waals surface area contributed by atoms with E-state index in [9.17, 15) is 9.59 Å². The first-order valence-corrected chi connectivity index (χ1v) is 14.3. The topological polar surface area (TPSA) is 34.1 Å². The van der Waals surface area contributed by atoms with Crippen molar-refractivity contribution in [1.82, 2.24) is 0 Å². The molecule has 0 radical (unpaired) electrons. The van der Waals surface area contributed by atoms with E-state index in [1.807, 2.05) is 12.1 Å². The molecule has 0 N–H and O–H groups in total. The number of benzene rings is 1. The Morgan fingerprint density at radius 1 is 0.757 bits per heavy atom. The zero-order valence-electron chi connectivity index (χ0n) is 25.0. The summed E-state index contributed by atoms with van der Waals surface area (Å²) in [5, 5.41) is 0. The summed E-state index contributed by atoms with van der Waals surface area (Å²) in [6, 6.07) is 7.20. The third kappa shape index (κ3) is 7.09. The molecule has 1 unspecified atom stereocenters. The van der Waals surface area contributed by atoms with Crippen LogP contribution in [0.5, 0.6) is 0 Å². The Hall–Kier alpha value is -2.48. The van der Waals surface area contributed by atoms with Gasteiger partial charge in [-0.05, 0) is 96.8 Å². The maximum atomic E-state index is 13.2. The standard InChI is InChI=1S/C35H50O2/c1-10-34(9,23-15-17-25(4)5)26(6)18-16-24-35(11-2,12-3)27(7)21-22-29-28(8)32(36)30-19-13-14-20-31(30)33(29)37/h13-14,17-21H,10-12,15-16,22-24H2,1-9H3/b26-18+,27-21+. The Morgan fingerprint density at radius 3 is 1.86 bits per heavy atom. The minimum absolute atomic E-state index is 0.000804. The molecule has 202 valence electrons. The minimum Gasteiger partial charge on any atom is -0.289 e. The molecule has 1 aliphatic rings. The van der Waals surface area contributed by atoms with Crippen molar-refractivity contribution in [3.63, 3.8) is 0 Å². The molecule has 0 bridgehead atoms. The molecular weight excluding hydrogens is 452 g/mol. The second-order valence-corrected chi connectivity index (χ2v) is 11.5. The van der Waals surface area contributed by atoms with Crippen LogP contribution >= 0.6 is 0 Å². The van der Waals surface area contributed by atoms with E-state index < -0.39 is 0 Å². The minimum atomic E-state index is -0.0160. The van der Waals surface area contributed by atoms with Crippen LogP contribution in [-0.4, -0.2) is 11.6 Å². The number of hydrogen-bond donors (Lipinski definition) is 0. The van der Waals surface area contributed by atoms with Gasteiger partial charge in [-0.2, -0.15) is 0 Å². The van der Waals surface area contributed by atoms with Crippen LogP contribution < -0.4 is 0 Å². The first-order valence-electron chi connectivity index (χ1n) is 14.3. The van der Waals surface area contributed by atoms with Gasteiger partial charge in [0.1, 0.15) is 0 Å². The molecule has 0 amide bonds. The Kier molecular flexibility index (Phi) is 11.1. The van der Waals surface area contributed by atoms with Gasteiger partial charge in [0.25, 0.3) is 0 Å². The summed E-state index contributed by atoms with van der Waals surface area (Å²) < 4.78 is 0. The van der Waals surface area contributed by atoms with Crippen molar-refractivity contribution < 1.29 is 9.59 Å². The lowest BCUT2D eigenvalue weighted by molar-refractivity contribution is 0.0973. The van der Waals surface area contributed by atoms with Crippen LogP contribution in [0, 0.1) is 10.8 Å². The molecule has 0 aromatic heterocycles. The van der Waals surface area contributed by atoms with Gasteiger partial charge in [-0.1, -0.05) is 86.9 Å². The van der Waals surface area contributed by atoms with E-state index >= 15 is 0 Å². The van der Waals surface area contributed by atoms with Crippen molar-refractivity contribution in [2.75, 3.05) is 0 Å². The SMILES string of the molecule is CCC(C)(CCC=C(C)C)/C(C)=C/CCC(CC)(CC)/C(C)=C/CC1=C(C)C(=O)c2ccccc2C1=O. The van der Waals surface area contributed by atoms with E-state index in [4.69, 9.17) is 0 Å². The molecule has 0 saturated carbocycles. The van der Waals surface area contributed by atoms with Gasteiger partial charge in [0.05, 0.1) is 0 Å². The lowest BCUT2D eigenvalue weighted by Crippen LogP contribution is -2.22. The number of fused-ring (bicyclic) bond motifs is 1. The van der Waals surface area contributed by atoms with Gasteiger partial charge in [-0.15, -0.1) is 0 Å². The van der Waals surface area contributed by atoms with Crippen LogP contribution in [0.15, 0.2) is 70.4 Å². The third-order valence-electron chi connectivity index (χ3n) is 9.34. The summed E-state index contributed by atoms with van der Waals surface area (Å²) in [5.41, 5.74) is 6.91. The van der Waals surface area contributed by atoms with E-state index in [2.05, 4.69) is 73.6 Å². The van der Waals surface area contributed by atoms with Gasteiger partial charge in [0.2, 0.25) is 0 Å². The van der Waals surface area contributed by atoms with Gasteiger partial charge >= 0.3 is 0 Å². The molecule has 0 spiro atoms. The predicted octanol–water partition coefficient (Wildman–Crippen LogP) is 10.4. The fraction of sp³-hybridized carbons (Fsp3) is 0.543. The highest BCUT2D eigenvalue weighted by Gasteiger charge is 2.31. The summed E-state index contributed by atoms with van der Waals surface area (Å²) in [7, 11) is 0. The Bertz CT molecular complexity index is 1100. The molecule has 1 aliphatic carbocycles. The monoisotopic (exact) mass is 502 g/mol. The van der Waals surface area contributed by atoms with Gasteiger partial charge in [0.15, 0.2) is 11.6 Å². The average molecular weight is 503 g/mol. The number of allylic oxidation sites excluding steroid dienone is 8. The Morgan fingerprint density at radius 2 is 1.32 bits per heavy atom. The van der Waals surface area contributed by atoms with Crippen LogP contribution in [0.3, 0.4) is 0 Å². The molecule has 0 aliphatic heterocycles. The molecule has 2 heteroatoms. The summed E-state index contributed by atoms with van der Waals surface area (Å²) in [5.74, 6) is -0.0152. The van der Waals surface area contributed by atoms with Crippen molar-refractivity contribution in [2.45, 2.75) is 114 Å². The Labute approximate surface area is 227 Å². The Balaban J connectivity index is 2.20. The molecule has 0 saturated heterocycles. The molecule has 1 aromatic carbocycles. The number of hydrogen-bond acceptors (Lipinski definition) is 2. The highest BCUT2D eigenvalue weighted by molar-refractivity contribution is 6.26. The second kappa shape index (κ2) is 13.4. The molecule has 2 nitrogen and oxygen atoms in total. The van der Waals surface area contributed by atoms with Gasteiger partial charge in [0, 0.05) is 22.3 Å². The van der Waals surface area contributed by atoms with E-state index in [0.717, 1.165) is 38.5 Å². The molecule has 0 heterocycles. The first-order chi connectivity index (χ1) is 17.5. The third-order valence-corrected chi connectivity index (χ3v) is 9.34. The van der Waals surface area contributed by atoms with E-state index in [-0.39, 0.29) is 22.4 Å². The van der Waals surface area contributed by atoms with Crippen LogP contribution in [0.4, 0.5) is 0 Å². The van der Waals surface area contributed by atoms with Crippen molar-refractivity contribution in [3.8, 4) is 0 Å². The maximum Gasteiger partial charge on any atom is 0.190 e. The normalized spacial score (nSPS) is 16.6. The second-order valence-electron chi connectivity index (χ2n) is 11.5. The van der Waals surface area contributed by atoms with Crippen LogP contribution in [0.1, 0.15) is 134 Å². The smallest absolute Gasteiger partial charge is 0.190 e. The highest BCUT2D eigenvalue weighted by atomic mass is 16.1. The molecule has 2 rings (SSSR count). The number of rotatable bonds is 13. The van der Waals surface area contributed by atoms with E-state index in [1.165, 1.54) is 23.1 Å². The quantitative estimate of drug-likeness (QED) is 0.251. The van der Waals surface area contributed by atoms with E-state index in [1.54, 1.807) is 19.1 Å². The summed E-state index contributed by atoms with van der Waals surface area (Å²) in [4.78, 5) is 26.1. The van der Waals surface area contributed by atoms with Crippen LogP contribution in [0.25, 0.3) is 0 Å². The average Bonchev–Trinajstić information content (AvgIpc) is 2.89. The van der Waals surface area contributed by atoms with Crippen molar-refractivity contribution in [3.05, 3.63) is 81.5 Å². The fourth-order valence-corrected chi connectivity index (χ4v) is 5.77. The lowest BCUT2D eigenvalue weighted by atomic mass is 9.71. The van der Waals surface area contributed by atoms with Crippen molar-refractivity contribution >= 4 is 11.6 Å². The highest BCUT2D eigenvalue weighted by Crippen LogP contribution is 2.42. The zero-order valence-corrected chi connectivity index (χ0v) is 25.0. The maximum absolute atomic E-state index is 13.2. The van der Waals surface area contributed by atoms with Crippen molar-refractivity contribution in [2.24, 2.45) is 10.8 Å². The van der Waals surface area contributed by atoms with Crippen molar-refractivity contribution in [1.29, 1.82) is 0 Å². The van der Waals surface area contributed by atoms with Gasteiger partial charge < -0.3 is 0 Å². The first kappa shape index (κ1) is 30.7. The van der Waals surface area contributed by atoms with Crippen LogP contribution in [0.2, 0.25) is 0 Å². The number of Topliss-reactive ketones (excluding diaryl/α,β-unsaturated/α-hetero) is 2. The lowest BCUT2D eigenvalue weighted by Gasteiger charge is -2.34. The summed E-state index contributed by atoms with van der Waals surface area (Å²) in [6.07, 6.45) is 15.3. The molecular formula is C35H50O2. The largest absolute Gasteiger partial charge is 0.289 e. The number of carbonyl (C=O) groups excluding carboxylic acids is 2. The molecule has 0 fully saturated rings. The molecule has 37 heavy (non-hydrogen) atoms. The van der Waals surface area contributed by atoms with E-state index in [0.29, 0.717) is 28.7 Å². The number of ketones is 2. The fourth-order valence-electron chi connectivity index (χ4n) is 5.77. The van der Waals surface area contributed by atoms with Crippen LogP contribution in [-0.2, 0) is 0 Å². The molecule has 1 atom stereocenters. The van der Waals surface area contributed by atoms with Gasteiger partial charge in [-0.3, -0.25) is 9.59 Å². The van der Waals surface area contributed by atoms with Gasteiger partial charge in [-0.25, -0.2) is 0 Å². The summed E-state index contributed by atoms with van der Waals surface area (Å²) in [6.45, 7) is 20.0. The predicted molar refractivity (Wildman–Crippen MR) is 159 cm³/mol. The number of carbonyl (C=O) groups is 2. The zero-order chi connectivity index (χ0) is 27.8. The molecule has 1 aromatic rings.